The van der Waals surface area contributed by atoms with Gasteiger partial charge in [0.05, 0.1) is 0 Å². The van der Waals surface area contributed by atoms with E-state index in [1.165, 1.54) is 6.07 Å². The lowest BCUT2D eigenvalue weighted by Crippen LogP contribution is -2.00. The molecule has 19 heavy (non-hydrogen) atoms. The first-order valence-electron chi connectivity index (χ1n) is 5.91. The molecule has 4 nitrogen and oxygen atoms in total. The zero-order valence-corrected chi connectivity index (χ0v) is 10.4. The molecule has 0 saturated carbocycles. The topological polar surface area (TPSA) is 47.8 Å². The molecule has 1 aromatic carbocycles. The number of rotatable bonds is 5. The van der Waals surface area contributed by atoms with Crippen molar-refractivity contribution in [3.63, 3.8) is 0 Å². The van der Waals surface area contributed by atoms with Crippen LogP contribution in [0.25, 0.3) is 11.4 Å². The van der Waals surface area contributed by atoms with Gasteiger partial charge in [0, 0.05) is 25.5 Å². The largest absolute Gasteiger partial charge is 0.314 e. The van der Waals surface area contributed by atoms with Gasteiger partial charge in [-0.05, 0) is 24.6 Å². The Morgan fingerprint density at radius 3 is 2.74 bits per heavy atom. The molecule has 0 atom stereocenters. The van der Waals surface area contributed by atoms with Gasteiger partial charge in [0.2, 0.25) is 0 Å². The highest BCUT2D eigenvalue weighted by Crippen LogP contribution is 2.20. The minimum absolute atomic E-state index is 0.466. The fraction of sp³-hybridized carbons (Fsp3) is 0.308. The van der Waals surface area contributed by atoms with Crippen LogP contribution in [0.5, 0.6) is 0 Å². The second-order valence-electron chi connectivity index (χ2n) is 4.19. The maximum atomic E-state index is 13.2. The predicted molar refractivity (Wildman–Crippen MR) is 65.4 cm³/mol. The van der Waals surface area contributed by atoms with Gasteiger partial charge in [-0.2, -0.15) is 0 Å². The van der Waals surface area contributed by atoms with E-state index in [-0.39, 0.29) is 0 Å². The quantitative estimate of drug-likeness (QED) is 0.615. The number of benzene rings is 1. The monoisotopic (exact) mass is 265 g/mol. The first-order chi connectivity index (χ1) is 9.13. The molecular weight excluding hydrogens is 252 g/mol. The third-order valence-corrected chi connectivity index (χ3v) is 2.87. The maximum absolute atomic E-state index is 13.2. The Kier molecular flexibility index (Phi) is 3.99. The number of aldehydes is 1. The van der Waals surface area contributed by atoms with Gasteiger partial charge in [-0.1, -0.05) is 0 Å². The van der Waals surface area contributed by atoms with Crippen molar-refractivity contribution >= 4 is 6.29 Å². The molecule has 0 amide bonds. The molecule has 0 unspecified atom stereocenters. The van der Waals surface area contributed by atoms with Gasteiger partial charge < -0.3 is 9.36 Å². The summed E-state index contributed by atoms with van der Waals surface area (Å²) in [6.07, 6.45) is 2.62. The van der Waals surface area contributed by atoms with Gasteiger partial charge in [0.1, 0.15) is 12.1 Å². The van der Waals surface area contributed by atoms with E-state index in [9.17, 15) is 13.6 Å². The van der Waals surface area contributed by atoms with Crippen LogP contribution in [0.1, 0.15) is 18.7 Å². The summed E-state index contributed by atoms with van der Waals surface area (Å²) >= 11 is 0. The van der Waals surface area contributed by atoms with Gasteiger partial charge in [0.25, 0.3) is 0 Å². The van der Waals surface area contributed by atoms with Crippen molar-refractivity contribution in [3.05, 3.63) is 35.7 Å². The highest BCUT2D eigenvalue weighted by molar-refractivity contribution is 5.55. The minimum Gasteiger partial charge on any atom is -0.314 e. The Morgan fingerprint density at radius 2 is 2.05 bits per heavy atom. The number of unbranched alkanes of at least 4 members (excludes halogenated alkanes) is 1. The number of halogens is 2. The zero-order valence-electron chi connectivity index (χ0n) is 10.4. The molecule has 0 radical (unpaired) electrons. The van der Waals surface area contributed by atoms with Crippen molar-refractivity contribution in [1.29, 1.82) is 0 Å². The molecule has 0 aliphatic heterocycles. The third kappa shape index (κ3) is 2.83. The molecule has 100 valence electrons. The summed E-state index contributed by atoms with van der Waals surface area (Å²) < 4.78 is 27.8. The molecule has 0 fully saturated rings. The van der Waals surface area contributed by atoms with Gasteiger partial charge >= 0.3 is 0 Å². The van der Waals surface area contributed by atoms with E-state index in [1.54, 1.807) is 11.6 Å². The number of carbonyl (C=O) groups excluding carboxylic acids is 1. The maximum Gasteiger partial charge on any atom is 0.163 e. The molecule has 2 rings (SSSR count). The van der Waals surface area contributed by atoms with E-state index >= 15 is 0 Å². The molecule has 2 aromatic rings. The summed E-state index contributed by atoms with van der Waals surface area (Å²) in [5, 5.41) is 7.97. The summed E-state index contributed by atoms with van der Waals surface area (Å²) in [6.45, 7) is 0. The normalized spacial score (nSPS) is 10.7. The Hall–Kier alpha value is -2.11. The highest BCUT2D eigenvalue weighted by atomic mass is 19.2. The summed E-state index contributed by atoms with van der Waals surface area (Å²) in [6, 6.07) is 3.61. The van der Waals surface area contributed by atoms with Crippen LogP contribution in [0.2, 0.25) is 0 Å². The fourth-order valence-electron chi connectivity index (χ4n) is 1.81. The van der Waals surface area contributed by atoms with E-state index in [2.05, 4.69) is 10.2 Å². The first kappa shape index (κ1) is 13.3. The Morgan fingerprint density at radius 1 is 1.26 bits per heavy atom. The number of hydrogen-bond donors (Lipinski definition) is 0. The second kappa shape index (κ2) is 5.69. The van der Waals surface area contributed by atoms with Gasteiger partial charge in [-0.3, -0.25) is 0 Å². The lowest BCUT2D eigenvalue weighted by atomic mass is 10.2. The first-order valence-corrected chi connectivity index (χ1v) is 5.91. The molecule has 0 spiro atoms. The molecule has 1 heterocycles. The average molecular weight is 265 g/mol. The van der Waals surface area contributed by atoms with Crippen molar-refractivity contribution in [2.75, 3.05) is 0 Å². The second-order valence-corrected chi connectivity index (χ2v) is 4.19. The Bertz CT molecular complexity index is 596. The van der Waals surface area contributed by atoms with Gasteiger partial charge in [0.15, 0.2) is 17.5 Å². The third-order valence-electron chi connectivity index (χ3n) is 2.87. The van der Waals surface area contributed by atoms with Crippen molar-refractivity contribution in [2.45, 2.75) is 19.3 Å². The zero-order chi connectivity index (χ0) is 13.8. The van der Waals surface area contributed by atoms with E-state index in [0.29, 0.717) is 36.5 Å². The van der Waals surface area contributed by atoms with Crippen LogP contribution in [0.3, 0.4) is 0 Å². The van der Waals surface area contributed by atoms with Crippen LogP contribution < -0.4 is 0 Å². The van der Waals surface area contributed by atoms with Crippen LogP contribution in [0.4, 0.5) is 8.78 Å². The molecule has 0 aliphatic rings. The molecule has 0 N–H and O–H groups in total. The fourth-order valence-corrected chi connectivity index (χ4v) is 1.81. The van der Waals surface area contributed by atoms with Crippen molar-refractivity contribution in [3.8, 4) is 11.4 Å². The number of aryl methyl sites for hydroxylation is 1. The molecule has 0 saturated heterocycles. The van der Waals surface area contributed by atoms with Crippen molar-refractivity contribution in [1.82, 2.24) is 14.8 Å². The summed E-state index contributed by atoms with van der Waals surface area (Å²) in [4.78, 5) is 10.3. The summed E-state index contributed by atoms with van der Waals surface area (Å²) in [5.41, 5.74) is 0.468. The standard InChI is InChI=1S/C13H13F2N3O/c1-18-12(4-2-3-7-19)16-17-13(18)9-5-6-10(14)11(15)8-9/h5-8H,2-4H2,1H3. The predicted octanol–water partition coefficient (Wildman–Crippen LogP) is 2.28. The van der Waals surface area contributed by atoms with Crippen LogP contribution >= 0.6 is 0 Å². The van der Waals surface area contributed by atoms with E-state index < -0.39 is 11.6 Å². The van der Waals surface area contributed by atoms with Crippen molar-refractivity contribution < 1.29 is 13.6 Å². The summed E-state index contributed by atoms with van der Waals surface area (Å²) in [5.74, 6) is -0.623. The Labute approximate surface area is 109 Å². The highest BCUT2D eigenvalue weighted by Gasteiger charge is 2.12. The van der Waals surface area contributed by atoms with Crippen molar-refractivity contribution in [2.24, 2.45) is 7.05 Å². The van der Waals surface area contributed by atoms with E-state index in [4.69, 9.17) is 0 Å². The molecule has 0 bridgehead atoms. The minimum atomic E-state index is -0.914. The van der Waals surface area contributed by atoms with E-state index in [0.717, 1.165) is 18.4 Å². The Balaban J connectivity index is 2.25. The molecule has 6 heteroatoms. The van der Waals surface area contributed by atoms with Crippen LogP contribution in [0.15, 0.2) is 18.2 Å². The smallest absolute Gasteiger partial charge is 0.163 e. The van der Waals surface area contributed by atoms with Crippen LogP contribution in [0, 0.1) is 11.6 Å². The summed E-state index contributed by atoms with van der Waals surface area (Å²) in [7, 11) is 1.76. The number of nitrogens with zero attached hydrogens (tertiary/aromatic N) is 3. The van der Waals surface area contributed by atoms with Crippen LogP contribution in [-0.2, 0) is 18.3 Å². The number of aromatic nitrogens is 3. The van der Waals surface area contributed by atoms with E-state index in [1.807, 2.05) is 0 Å². The van der Waals surface area contributed by atoms with Crippen LogP contribution in [-0.4, -0.2) is 21.1 Å². The number of carbonyl (C=O) groups is 1. The average Bonchev–Trinajstić information content (AvgIpc) is 2.75. The lowest BCUT2D eigenvalue weighted by Gasteiger charge is -2.04. The SMILES string of the molecule is Cn1c(CCCC=O)nnc1-c1ccc(F)c(F)c1. The van der Waals surface area contributed by atoms with Gasteiger partial charge in [-0.15, -0.1) is 10.2 Å². The number of hydrogen-bond acceptors (Lipinski definition) is 3. The molecule has 1 aromatic heterocycles. The van der Waals surface area contributed by atoms with Gasteiger partial charge in [-0.25, -0.2) is 8.78 Å². The lowest BCUT2D eigenvalue weighted by molar-refractivity contribution is -0.107. The molecular formula is C13H13F2N3O. The molecule has 0 aliphatic carbocycles.